The van der Waals surface area contributed by atoms with E-state index in [4.69, 9.17) is 0 Å². The topological polar surface area (TPSA) is 0 Å². The summed E-state index contributed by atoms with van der Waals surface area (Å²) in [6.07, 6.45) is 7.21. The fourth-order valence-electron chi connectivity index (χ4n) is 1.75. The van der Waals surface area contributed by atoms with Crippen molar-refractivity contribution in [3.05, 3.63) is 0 Å². The zero-order chi connectivity index (χ0) is 21.2. The summed E-state index contributed by atoms with van der Waals surface area (Å²) >= 11 is 13.9. The van der Waals surface area contributed by atoms with Crippen LogP contribution in [0.1, 0.15) is 38.5 Å². The summed E-state index contributed by atoms with van der Waals surface area (Å²) in [5.41, 5.74) is 0. The van der Waals surface area contributed by atoms with Gasteiger partial charge in [-0.3, -0.25) is 0 Å². The molecule has 0 aromatic carbocycles. The number of rotatable bonds is 0. The molecular weight excluding hydrogens is 521 g/mol. The molecule has 1 heterocycles. The van der Waals surface area contributed by atoms with Crippen molar-refractivity contribution in [1.29, 1.82) is 0 Å². The Hall–Kier alpha value is 1.04. The lowest BCUT2D eigenvalue weighted by Crippen LogP contribution is -1.82. The Kier molecular flexibility index (Phi) is 25.5. The summed E-state index contributed by atoms with van der Waals surface area (Å²) in [6.45, 7) is 0. The summed E-state index contributed by atoms with van der Waals surface area (Å²) in [5, 5.41) is 25.6. The van der Waals surface area contributed by atoms with E-state index in [1.165, 1.54) is 38.5 Å². The molecule has 0 aliphatic carbocycles. The van der Waals surface area contributed by atoms with Gasteiger partial charge in [0.25, 0.3) is 0 Å². The van der Waals surface area contributed by atoms with Crippen molar-refractivity contribution in [3.8, 4) is 42.0 Å². The monoisotopic (exact) mass is 548 g/mol. The quantitative estimate of drug-likeness (QED) is 0.277. The average Bonchev–Trinajstić information content (AvgIpc) is 2.76. The lowest BCUT2D eigenvalue weighted by atomic mass is 10.4. The van der Waals surface area contributed by atoms with Crippen molar-refractivity contribution in [2.24, 2.45) is 0 Å². The van der Waals surface area contributed by atoms with Crippen LogP contribution in [0, 0.1) is 42.0 Å². The molecule has 8 heteroatoms. The van der Waals surface area contributed by atoms with E-state index in [9.17, 15) is 0 Å². The number of thioether (sulfide) groups is 8. The third kappa shape index (κ3) is 23.7. The summed E-state index contributed by atoms with van der Waals surface area (Å²) in [6, 6.07) is 0. The van der Waals surface area contributed by atoms with Crippen LogP contribution in [0.4, 0.5) is 0 Å². The molecule has 0 bridgehead atoms. The first-order chi connectivity index (χ1) is 15.0. The smallest absolute Gasteiger partial charge is 0.00651 e. The maximum atomic E-state index is 3.21. The zero-order valence-electron chi connectivity index (χ0n) is 17.2. The molecule has 0 aromatic rings. The van der Waals surface area contributed by atoms with Gasteiger partial charge in [0.15, 0.2) is 0 Å². The van der Waals surface area contributed by atoms with E-state index in [2.05, 4.69) is 42.0 Å². The first-order valence-corrected chi connectivity index (χ1v) is 17.8. The van der Waals surface area contributed by atoms with Crippen LogP contribution in [-0.2, 0) is 0 Å². The van der Waals surface area contributed by atoms with E-state index in [0.29, 0.717) is 0 Å². The van der Waals surface area contributed by atoms with Crippen molar-refractivity contribution >= 4 is 94.1 Å². The zero-order valence-corrected chi connectivity index (χ0v) is 23.7. The molecule has 0 fully saturated rings. The van der Waals surface area contributed by atoms with Crippen LogP contribution >= 0.6 is 94.1 Å². The molecule has 1 aliphatic rings. The van der Waals surface area contributed by atoms with Gasteiger partial charge in [0.05, 0.1) is 0 Å². The van der Waals surface area contributed by atoms with E-state index < -0.39 is 0 Å². The van der Waals surface area contributed by atoms with E-state index in [1.807, 2.05) is 0 Å². The van der Waals surface area contributed by atoms with Crippen LogP contribution in [0.2, 0.25) is 0 Å². The average molecular weight is 549 g/mol. The van der Waals surface area contributed by atoms with Gasteiger partial charge in [0, 0.05) is 46.0 Å². The Balaban J connectivity index is 2.20. The first-order valence-electron chi connectivity index (χ1n) is 9.94. The second kappa shape index (κ2) is 26.3. The van der Waals surface area contributed by atoms with Gasteiger partial charge in [0.1, 0.15) is 0 Å². The predicted molar refractivity (Wildman–Crippen MR) is 158 cm³/mol. The second-order valence-electron chi connectivity index (χ2n) is 5.73. The van der Waals surface area contributed by atoms with Gasteiger partial charge in [-0.15, -0.1) is 0 Å². The van der Waals surface area contributed by atoms with Crippen LogP contribution in [0.25, 0.3) is 0 Å². The molecule has 164 valence electrons. The molecule has 0 N–H and O–H groups in total. The molecule has 30 heavy (non-hydrogen) atoms. The van der Waals surface area contributed by atoms with Crippen molar-refractivity contribution < 1.29 is 0 Å². The second-order valence-corrected chi connectivity index (χ2v) is 12.9. The van der Waals surface area contributed by atoms with Crippen LogP contribution in [0.5, 0.6) is 0 Å². The Morgan fingerprint density at radius 1 is 0.233 bits per heavy atom. The largest absolute Gasteiger partial charge is 0.0742 e. The van der Waals surface area contributed by atoms with Crippen LogP contribution < -0.4 is 0 Å². The molecule has 0 atom stereocenters. The molecule has 1 rings (SSSR count). The highest BCUT2D eigenvalue weighted by Gasteiger charge is 1.91. The SMILES string of the molecule is C1#CSCCCSC#CSCCCCSC#CSCCCSC#CSCCCCS1. The van der Waals surface area contributed by atoms with E-state index in [1.54, 1.807) is 94.1 Å². The molecule has 0 spiro atoms. The van der Waals surface area contributed by atoms with Crippen molar-refractivity contribution in [2.45, 2.75) is 38.5 Å². The number of hydrogen-bond donors (Lipinski definition) is 0. The minimum atomic E-state index is 1.10. The minimum Gasteiger partial charge on any atom is -0.0742 e. The van der Waals surface area contributed by atoms with E-state index in [0.717, 1.165) is 46.0 Å². The Bertz CT molecular complexity index is 534. The standard InChI is InChI=1S/C22H28S8/c1-2-8-24-16-20-28-12-6-14-30-22-18-26-10-4-3-9-25-17-21-29-13-5-11-27-19-15-23-7-1/h1-14H2. The van der Waals surface area contributed by atoms with Crippen molar-refractivity contribution in [2.75, 3.05) is 46.0 Å². The molecule has 0 radical (unpaired) electrons. The lowest BCUT2D eigenvalue weighted by Gasteiger charge is -1.95. The molecular formula is C22H28S8. The highest BCUT2D eigenvalue weighted by atomic mass is 32.2. The fraction of sp³-hybridized carbons (Fsp3) is 0.636. The highest BCUT2D eigenvalue weighted by molar-refractivity contribution is 8.08. The van der Waals surface area contributed by atoms with Gasteiger partial charge in [0.2, 0.25) is 0 Å². The number of hydrogen-bond acceptors (Lipinski definition) is 8. The lowest BCUT2D eigenvalue weighted by molar-refractivity contribution is 0.910. The molecule has 0 nitrogen and oxygen atoms in total. The third-order valence-corrected chi connectivity index (χ3v) is 9.65. The molecule has 0 unspecified atom stereocenters. The van der Waals surface area contributed by atoms with Gasteiger partial charge in [-0.25, -0.2) is 0 Å². The maximum absolute atomic E-state index is 3.21. The van der Waals surface area contributed by atoms with Crippen LogP contribution in [0.15, 0.2) is 0 Å². The summed E-state index contributed by atoms with van der Waals surface area (Å²) in [7, 11) is 0. The van der Waals surface area contributed by atoms with Gasteiger partial charge in [-0.05, 0) is 80.5 Å². The Morgan fingerprint density at radius 2 is 0.400 bits per heavy atom. The normalized spacial score (nSPS) is 19.7. The van der Waals surface area contributed by atoms with Gasteiger partial charge in [-0.2, -0.15) is 0 Å². The van der Waals surface area contributed by atoms with Crippen LogP contribution in [0.3, 0.4) is 0 Å². The van der Waals surface area contributed by atoms with Crippen LogP contribution in [-0.4, -0.2) is 46.0 Å². The molecule has 0 saturated heterocycles. The third-order valence-electron chi connectivity index (χ3n) is 3.22. The molecule has 0 saturated carbocycles. The summed E-state index contributed by atoms with van der Waals surface area (Å²) < 4.78 is 0. The fourth-order valence-corrected chi connectivity index (χ4v) is 7.36. The van der Waals surface area contributed by atoms with Gasteiger partial charge < -0.3 is 0 Å². The van der Waals surface area contributed by atoms with Gasteiger partial charge in [-0.1, -0.05) is 94.1 Å². The summed E-state index contributed by atoms with van der Waals surface area (Å²) in [4.78, 5) is 0. The highest BCUT2D eigenvalue weighted by Crippen LogP contribution is 2.12. The summed E-state index contributed by atoms with van der Waals surface area (Å²) in [5.74, 6) is 8.89. The Labute approximate surface area is 218 Å². The van der Waals surface area contributed by atoms with E-state index >= 15 is 0 Å². The molecule has 1 aliphatic heterocycles. The first kappa shape index (κ1) is 29.1. The molecule has 0 aromatic heterocycles. The molecule has 0 amide bonds. The predicted octanol–water partition coefficient (Wildman–Crippen LogP) is 7.88. The van der Waals surface area contributed by atoms with Crippen molar-refractivity contribution in [3.63, 3.8) is 0 Å². The van der Waals surface area contributed by atoms with E-state index in [-0.39, 0.29) is 0 Å². The van der Waals surface area contributed by atoms with Gasteiger partial charge >= 0.3 is 0 Å². The maximum Gasteiger partial charge on any atom is 0.00651 e. The van der Waals surface area contributed by atoms with Crippen molar-refractivity contribution in [1.82, 2.24) is 0 Å². The Morgan fingerprint density at radius 3 is 0.600 bits per heavy atom. The minimum absolute atomic E-state index is 1.10.